The van der Waals surface area contributed by atoms with Gasteiger partial charge in [0.2, 0.25) is 10.0 Å². The second-order valence-corrected chi connectivity index (χ2v) is 7.45. The van der Waals surface area contributed by atoms with Crippen molar-refractivity contribution in [3.63, 3.8) is 0 Å². The molecular formula is C13H20N2O3S. The lowest BCUT2D eigenvalue weighted by atomic mass is 9.65. The highest BCUT2D eigenvalue weighted by Gasteiger charge is 2.49. The van der Waals surface area contributed by atoms with Crippen LogP contribution in [0.1, 0.15) is 25.8 Å². The molecule has 1 aliphatic carbocycles. The minimum absolute atomic E-state index is 0.199. The van der Waals surface area contributed by atoms with Gasteiger partial charge >= 0.3 is 0 Å². The van der Waals surface area contributed by atoms with Crippen molar-refractivity contribution in [2.75, 3.05) is 5.73 Å². The fraction of sp³-hybridized carbons (Fsp3) is 0.538. The van der Waals surface area contributed by atoms with E-state index in [-0.39, 0.29) is 10.9 Å². The predicted octanol–water partition coefficient (Wildman–Crippen LogP) is 1.01. The molecule has 1 fully saturated rings. The first-order valence-electron chi connectivity index (χ1n) is 6.21. The highest BCUT2D eigenvalue weighted by Crippen LogP contribution is 2.41. The van der Waals surface area contributed by atoms with E-state index in [4.69, 9.17) is 5.73 Å². The Morgan fingerprint density at radius 3 is 2.58 bits per heavy atom. The van der Waals surface area contributed by atoms with Crippen molar-refractivity contribution >= 4 is 15.7 Å². The number of nitrogens with one attached hydrogen (secondary N) is 1. The number of aliphatic hydroxyl groups excluding tert-OH is 1. The molecule has 2 rings (SSSR count). The van der Waals surface area contributed by atoms with Gasteiger partial charge in [-0.25, -0.2) is 13.1 Å². The molecule has 0 bridgehead atoms. The van der Waals surface area contributed by atoms with Crippen LogP contribution in [0.4, 0.5) is 5.69 Å². The second-order valence-electron chi connectivity index (χ2n) is 5.77. The zero-order chi connectivity index (χ0) is 14.4. The number of hydrogen-bond donors (Lipinski definition) is 3. The number of nitrogen functional groups attached to an aromatic ring is 1. The Morgan fingerprint density at radius 2 is 2.05 bits per heavy atom. The first kappa shape index (κ1) is 14.3. The molecule has 1 saturated carbocycles. The lowest BCUT2D eigenvalue weighted by molar-refractivity contribution is -0.0645. The number of benzene rings is 1. The first-order valence-corrected chi connectivity index (χ1v) is 7.69. The van der Waals surface area contributed by atoms with Gasteiger partial charge in [0, 0.05) is 17.1 Å². The Bertz CT molecular complexity index is 596. The highest BCUT2D eigenvalue weighted by molar-refractivity contribution is 7.89. The van der Waals surface area contributed by atoms with Crippen LogP contribution in [0, 0.1) is 12.3 Å². The molecule has 1 aromatic carbocycles. The maximum Gasteiger partial charge on any atom is 0.241 e. The molecule has 0 heterocycles. The lowest BCUT2D eigenvalue weighted by Gasteiger charge is -2.49. The normalized spacial score (nSPS) is 25.9. The van der Waals surface area contributed by atoms with Crippen molar-refractivity contribution in [1.29, 1.82) is 0 Å². The molecule has 0 aromatic heterocycles. The Kier molecular flexibility index (Phi) is 3.36. The summed E-state index contributed by atoms with van der Waals surface area (Å²) in [5.41, 5.74) is 6.27. The lowest BCUT2D eigenvalue weighted by Crippen LogP contribution is -2.61. The summed E-state index contributed by atoms with van der Waals surface area (Å²) in [5.74, 6) is 0. The Morgan fingerprint density at radius 1 is 1.42 bits per heavy atom. The number of anilines is 1. The third-order valence-corrected chi connectivity index (χ3v) is 5.63. The monoisotopic (exact) mass is 284 g/mol. The van der Waals surface area contributed by atoms with Gasteiger partial charge < -0.3 is 10.8 Å². The van der Waals surface area contributed by atoms with E-state index in [0.717, 1.165) is 0 Å². The number of nitrogens with two attached hydrogens (primary N) is 1. The first-order chi connectivity index (χ1) is 8.64. The molecule has 0 spiro atoms. The van der Waals surface area contributed by atoms with E-state index in [1.54, 1.807) is 19.1 Å². The van der Waals surface area contributed by atoms with E-state index < -0.39 is 21.5 Å². The van der Waals surface area contributed by atoms with Crippen molar-refractivity contribution in [2.45, 2.75) is 44.2 Å². The highest BCUT2D eigenvalue weighted by atomic mass is 32.2. The minimum Gasteiger partial charge on any atom is -0.399 e. The zero-order valence-corrected chi connectivity index (χ0v) is 12.2. The molecule has 2 atom stereocenters. The smallest absolute Gasteiger partial charge is 0.241 e. The van der Waals surface area contributed by atoms with E-state index in [2.05, 4.69) is 4.72 Å². The number of aliphatic hydroxyl groups is 1. The molecule has 5 nitrogen and oxygen atoms in total. The van der Waals surface area contributed by atoms with Crippen molar-refractivity contribution in [3.8, 4) is 0 Å². The zero-order valence-electron chi connectivity index (χ0n) is 11.3. The van der Waals surface area contributed by atoms with Crippen LogP contribution in [0.15, 0.2) is 23.1 Å². The molecule has 106 valence electrons. The Hall–Kier alpha value is -1.11. The third kappa shape index (κ3) is 2.48. The average molecular weight is 284 g/mol. The maximum absolute atomic E-state index is 12.4. The van der Waals surface area contributed by atoms with E-state index in [0.29, 0.717) is 17.7 Å². The molecule has 0 aliphatic heterocycles. The molecule has 19 heavy (non-hydrogen) atoms. The maximum atomic E-state index is 12.4. The SMILES string of the molecule is Cc1ccc(N)cc1S(=O)(=O)NC1CC(O)C1(C)C. The molecule has 0 saturated heterocycles. The van der Waals surface area contributed by atoms with Crippen LogP contribution < -0.4 is 10.5 Å². The van der Waals surface area contributed by atoms with Gasteiger partial charge in [-0.1, -0.05) is 19.9 Å². The number of rotatable bonds is 3. The summed E-state index contributed by atoms with van der Waals surface area (Å²) in [4.78, 5) is 0.199. The van der Waals surface area contributed by atoms with E-state index in [9.17, 15) is 13.5 Å². The van der Waals surface area contributed by atoms with Gasteiger partial charge in [0.05, 0.1) is 11.0 Å². The van der Waals surface area contributed by atoms with E-state index >= 15 is 0 Å². The number of hydrogen-bond acceptors (Lipinski definition) is 4. The summed E-state index contributed by atoms with van der Waals surface area (Å²) in [5, 5.41) is 9.66. The summed E-state index contributed by atoms with van der Waals surface area (Å²) in [7, 11) is -3.61. The van der Waals surface area contributed by atoms with Crippen molar-refractivity contribution in [3.05, 3.63) is 23.8 Å². The second kappa shape index (κ2) is 4.47. The Labute approximate surface area is 113 Å². The fourth-order valence-electron chi connectivity index (χ4n) is 2.26. The van der Waals surface area contributed by atoms with Gasteiger partial charge in [0.1, 0.15) is 0 Å². The van der Waals surface area contributed by atoms with Gasteiger partial charge in [-0.3, -0.25) is 0 Å². The topological polar surface area (TPSA) is 92.4 Å². The third-order valence-electron chi connectivity index (χ3n) is 4.02. The van der Waals surface area contributed by atoms with Gasteiger partial charge in [-0.2, -0.15) is 0 Å². The molecule has 2 unspecified atom stereocenters. The molecular weight excluding hydrogens is 264 g/mol. The summed E-state index contributed by atoms with van der Waals surface area (Å²) in [6, 6.07) is 4.56. The van der Waals surface area contributed by atoms with E-state index in [1.807, 2.05) is 13.8 Å². The van der Waals surface area contributed by atoms with Gasteiger partial charge in [-0.05, 0) is 31.0 Å². The summed E-state index contributed by atoms with van der Waals surface area (Å²) >= 11 is 0. The molecule has 0 radical (unpaired) electrons. The van der Waals surface area contributed by atoms with Gasteiger partial charge in [0.15, 0.2) is 0 Å². The van der Waals surface area contributed by atoms with Gasteiger partial charge in [-0.15, -0.1) is 0 Å². The van der Waals surface area contributed by atoms with Crippen LogP contribution in [0.5, 0.6) is 0 Å². The number of aryl methyl sites for hydroxylation is 1. The summed E-state index contributed by atoms with van der Waals surface area (Å²) in [6.07, 6.45) is -0.0322. The molecule has 6 heteroatoms. The van der Waals surface area contributed by atoms with Crippen molar-refractivity contribution in [1.82, 2.24) is 4.72 Å². The van der Waals surface area contributed by atoms with Gasteiger partial charge in [0.25, 0.3) is 0 Å². The fourth-order valence-corrected chi connectivity index (χ4v) is 3.94. The quantitative estimate of drug-likeness (QED) is 0.722. The average Bonchev–Trinajstić information content (AvgIpc) is 2.31. The van der Waals surface area contributed by atoms with Crippen LogP contribution >= 0.6 is 0 Å². The van der Waals surface area contributed by atoms with Crippen LogP contribution in [-0.4, -0.2) is 25.7 Å². The molecule has 1 aliphatic rings. The van der Waals surface area contributed by atoms with Crippen LogP contribution in [0.25, 0.3) is 0 Å². The number of sulfonamides is 1. The standard InChI is InChI=1S/C13H20N2O3S/c1-8-4-5-9(14)6-10(8)19(17,18)15-11-7-12(16)13(11,2)3/h4-6,11-12,15-16H,7,14H2,1-3H3. The summed E-state index contributed by atoms with van der Waals surface area (Å²) < 4.78 is 27.4. The Balaban J connectivity index is 2.27. The molecule has 0 amide bonds. The minimum atomic E-state index is -3.61. The van der Waals surface area contributed by atoms with Crippen LogP contribution in [-0.2, 0) is 10.0 Å². The van der Waals surface area contributed by atoms with Crippen LogP contribution in [0.3, 0.4) is 0 Å². The largest absolute Gasteiger partial charge is 0.399 e. The van der Waals surface area contributed by atoms with Crippen molar-refractivity contribution in [2.24, 2.45) is 5.41 Å². The molecule has 1 aromatic rings. The van der Waals surface area contributed by atoms with Crippen molar-refractivity contribution < 1.29 is 13.5 Å². The van der Waals surface area contributed by atoms with E-state index in [1.165, 1.54) is 6.07 Å². The molecule has 4 N–H and O–H groups in total. The predicted molar refractivity (Wildman–Crippen MR) is 74.1 cm³/mol. The van der Waals surface area contributed by atoms with Crippen LogP contribution in [0.2, 0.25) is 0 Å². The summed E-state index contributed by atoms with van der Waals surface area (Å²) in [6.45, 7) is 5.43.